The van der Waals surface area contributed by atoms with E-state index in [1.807, 2.05) is 35.8 Å². The van der Waals surface area contributed by atoms with Crippen LogP contribution in [0.15, 0.2) is 47.5 Å². The first-order valence-electron chi connectivity index (χ1n) is 4.71. The predicted molar refractivity (Wildman–Crippen MR) is 61.2 cm³/mol. The molecule has 3 heteroatoms. The van der Waals surface area contributed by atoms with Crippen LogP contribution in [-0.4, -0.2) is 4.57 Å². The topological polar surface area (TPSA) is 48.0 Å². The Bertz CT molecular complexity index is 543. The minimum Gasteiger partial charge on any atom is -0.394 e. The molecule has 0 saturated heterocycles. The van der Waals surface area contributed by atoms with E-state index in [-0.39, 0.29) is 11.1 Å². The van der Waals surface area contributed by atoms with Crippen molar-refractivity contribution in [2.75, 3.05) is 5.73 Å². The van der Waals surface area contributed by atoms with Crippen LogP contribution in [0, 0.1) is 6.92 Å². The summed E-state index contributed by atoms with van der Waals surface area (Å²) in [6.07, 6.45) is 3.35. The van der Waals surface area contributed by atoms with Crippen molar-refractivity contribution in [1.29, 1.82) is 0 Å². The van der Waals surface area contributed by atoms with Crippen molar-refractivity contribution < 1.29 is 0 Å². The van der Waals surface area contributed by atoms with E-state index in [9.17, 15) is 4.79 Å². The standard InChI is InChI=1S/C12H12N2O/c1-9-3-2-4-10(7-9)14-6-5-12(15)11(13)8-14/h2-8H,13H2,1H3. The number of aryl methyl sites for hydroxylation is 1. The number of nitrogens with zero attached hydrogens (tertiary/aromatic N) is 1. The van der Waals surface area contributed by atoms with Crippen LogP contribution < -0.4 is 11.2 Å². The Morgan fingerprint density at radius 1 is 1.27 bits per heavy atom. The molecule has 1 heterocycles. The van der Waals surface area contributed by atoms with Crippen LogP contribution >= 0.6 is 0 Å². The maximum absolute atomic E-state index is 11.1. The Kier molecular flexibility index (Phi) is 2.29. The minimum atomic E-state index is -0.140. The van der Waals surface area contributed by atoms with Gasteiger partial charge in [-0.05, 0) is 24.6 Å². The summed E-state index contributed by atoms with van der Waals surface area (Å²) in [5.74, 6) is 0. The zero-order valence-electron chi connectivity index (χ0n) is 8.47. The molecule has 0 aliphatic heterocycles. The number of aromatic nitrogens is 1. The van der Waals surface area contributed by atoms with E-state index in [1.54, 1.807) is 12.4 Å². The van der Waals surface area contributed by atoms with E-state index in [2.05, 4.69) is 0 Å². The maximum Gasteiger partial charge on any atom is 0.204 e. The molecule has 2 rings (SSSR count). The zero-order valence-corrected chi connectivity index (χ0v) is 8.47. The highest BCUT2D eigenvalue weighted by Gasteiger charge is 1.97. The second kappa shape index (κ2) is 3.61. The molecular formula is C12H12N2O. The van der Waals surface area contributed by atoms with Gasteiger partial charge < -0.3 is 10.3 Å². The van der Waals surface area contributed by atoms with E-state index in [0.717, 1.165) is 5.69 Å². The van der Waals surface area contributed by atoms with Crippen LogP contribution in [-0.2, 0) is 0 Å². The summed E-state index contributed by atoms with van der Waals surface area (Å²) in [7, 11) is 0. The van der Waals surface area contributed by atoms with Crippen LogP contribution in [0.1, 0.15) is 5.56 Å². The molecule has 1 aromatic carbocycles. The Morgan fingerprint density at radius 3 is 2.73 bits per heavy atom. The molecule has 2 N–H and O–H groups in total. The van der Waals surface area contributed by atoms with Gasteiger partial charge in [0.05, 0.1) is 5.69 Å². The molecule has 1 aromatic heterocycles. The van der Waals surface area contributed by atoms with E-state index >= 15 is 0 Å². The van der Waals surface area contributed by atoms with Crippen LogP contribution in [0.5, 0.6) is 0 Å². The first kappa shape index (κ1) is 9.52. The van der Waals surface area contributed by atoms with Gasteiger partial charge in [0.15, 0.2) is 0 Å². The van der Waals surface area contributed by atoms with E-state index < -0.39 is 0 Å². The highest BCUT2D eigenvalue weighted by Crippen LogP contribution is 2.09. The number of hydrogen-bond donors (Lipinski definition) is 1. The molecule has 3 nitrogen and oxygen atoms in total. The molecule has 15 heavy (non-hydrogen) atoms. The van der Waals surface area contributed by atoms with Gasteiger partial charge in [-0.1, -0.05) is 12.1 Å². The quantitative estimate of drug-likeness (QED) is 0.762. The summed E-state index contributed by atoms with van der Waals surface area (Å²) in [5, 5.41) is 0. The smallest absolute Gasteiger partial charge is 0.204 e. The lowest BCUT2D eigenvalue weighted by molar-refractivity contribution is 1.04. The number of nitrogens with two attached hydrogens (primary N) is 1. The lowest BCUT2D eigenvalue weighted by Crippen LogP contribution is -2.09. The molecule has 0 amide bonds. The third-order valence-corrected chi connectivity index (χ3v) is 2.25. The van der Waals surface area contributed by atoms with Crippen LogP contribution in [0.25, 0.3) is 5.69 Å². The van der Waals surface area contributed by atoms with Crippen LogP contribution in [0.2, 0.25) is 0 Å². The van der Waals surface area contributed by atoms with Crippen molar-refractivity contribution in [3.05, 3.63) is 58.5 Å². The van der Waals surface area contributed by atoms with Gasteiger partial charge in [0.25, 0.3) is 0 Å². The molecule has 0 spiro atoms. The van der Waals surface area contributed by atoms with Gasteiger partial charge in [0.2, 0.25) is 5.43 Å². The predicted octanol–water partition coefficient (Wildman–Crippen LogP) is 1.73. The maximum atomic E-state index is 11.1. The van der Waals surface area contributed by atoms with Gasteiger partial charge in [0.1, 0.15) is 0 Å². The number of pyridine rings is 1. The fourth-order valence-electron chi connectivity index (χ4n) is 1.45. The highest BCUT2D eigenvalue weighted by atomic mass is 16.1. The summed E-state index contributed by atoms with van der Waals surface area (Å²) >= 11 is 0. The second-order valence-corrected chi connectivity index (χ2v) is 3.51. The van der Waals surface area contributed by atoms with Gasteiger partial charge in [-0.2, -0.15) is 0 Å². The van der Waals surface area contributed by atoms with Gasteiger partial charge in [-0.3, -0.25) is 4.79 Å². The molecule has 0 saturated carbocycles. The lowest BCUT2D eigenvalue weighted by Gasteiger charge is -2.07. The van der Waals surface area contributed by atoms with Crippen molar-refractivity contribution in [3.63, 3.8) is 0 Å². The number of anilines is 1. The van der Waals surface area contributed by atoms with E-state index in [1.165, 1.54) is 11.6 Å². The zero-order chi connectivity index (χ0) is 10.8. The fraction of sp³-hybridized carbons (Fsp3) is 0.0833. The first-order chi connectivity index (χ1) is 7.16. The van der Waals surface area contributed by atoms with Gasteiger partial charge in [-0.15, -0.1) is 0 Å². The summed E-state index contributed by atoms with van der Waals surface area (Å²) in [4.78, 5) is 11.1. The first-order valence-corrected chi connectivity index (χ1v) is 4.71. The number of benzene rings is 1. The second-order valence-electron chi connectivity index (χ2n) is 3.51. The average molecular weight is 200 g/mol. The number of hydrogen-bond acceptors (Lipinski definition) is 2. The average Bonchev–Trinajstić information content (AvgIpc) is 2.22. The van der Waals surface area contributed by atoms with Crippen LogP contribution in [0.3, 0.4) is 0 Å². The van der Waals surface area contributed by atoms with Gasteiger partial charge in [-0.25, -0.2) is 0 Å². The van der Waals surface area contributed by atoms with Crippen molar-refractivity contribution in [3.8, 4) is 5.69 Å². The minimum absolute atomic E-state index is 0.140. The highest BCUT2D eigenvalue weighted by molar-refractivity contribution is 5.41. The molecule has 0 aliphatic rings. The van der Waals surface area contributed by atoms with Crippen molar-refractivity contribution in [2.24, 2.45) is 0 Å². The molecule has 76 valence electrons. The molecular weight excluding hydrogens is 188 g/mol. The Balaban J connectivity index is 2.55. The van der Waals surface area contributed by atoms with Crippen LogP contribution in [0.4, 0.5) is 5.69 Å². The number of rotatable bonds is 1. The summed E-state index contributed by atoms with van der Waals surface area (Å²) in [6, 6.07) is 9.47. The van der Waals surface area contributed by atoms with Crippen molar-refractivity contribution >= 4 is 5.69 Å². The Labute approximate surface area is 87.8 Å². The lowest BCUT2D eigenvalue weighted by atomic mass is 10.2. The molecule has 0 radical (unpaired) electrons. The largest absolute Gasteiger partial charge is 0.394 e. The van der Waals surface area contributed by atoms with E-state index in [0.29, 0.717) is 0 Å². The monoisotopic (exact) mass is 200 g/mol. The third kappa shape index (κ3) is 1.91. The fourth-order valence-corrected chi connectivity index (χ4v) is 1.45. The molecule has 2 aromatic rings. The normalized spacial score (nSPS) is 10.2. The SMILES string of the molecule is Cc1cccc(-n2ccc(=O)c(N)c2)c1. The Hall–Kier alpha value is -2.03. The molecule has 0 atom stereocenters. The Morgan fingerprint density at radius 2 is 2.07 bits per heavy atom. The summed E-state index contributed by atoms with van der Waals surface area (Å²) in [5.41, 5.74) is 7.86. The van der Waals surface area contributed by atoms with Crippen molar-refractivity contribution in [2.45, 2.75) is 6.92 Å². The third-order valence-electron chi connectivity index (χ3n) is 2.25. The van der Waals surface area contributed by atoms with Gasteiger partial charge >= 0.3 is 0 Å². The molecule has 0 unspecified atom stereocenters. The molecule has 0 fully saturated rings. The van der Waals surface area contributed by atoms with Crippen molar-refractivity contribution in [1.82, 2.24) is 4.57 Å². The van der Waals surface area contributed by atoms with Gasteiger partial charge in [0, 0.05) is 24.1 Å². The molecule has 0 aliphatic carbocycles. The summed E-state index contributed by atoms with van der Waals surface area (Å²) in [6.45, 7) is 2.02. The summed E-state index contributed by atoms with van der Waals surface area (Å²) < 4.78 is 1.84. The van der Waals surface area contributed by atoms with E-state index in [4.69, 9.17) is 5.73 Å². The molecule has 0 bridgehead atoms. The number of nitrogen functional groups attached to an aromatic ring is 1.